The van der Waals surface area contributed by atoms with Gasteiger partial charge in [0, 0.05) is 33.4 Å². The van der Waals surface area contributed by atoms with Gasteiger partial charge in [-0.1, -0.05) is 170 Å². The average molecular weight is 789 g/mol. The van der Waals surface area contributed by atoms with Gasteiger partial charge in [-0.15, -0.1) is 0 Å². The molecule has 12 aromatic rings. The molecule has 1 heterocycles. The van der Waals surface area contributed by atoms with Crippen LogP contribution in [0.1, 0.15) is 0 Å². The van der Waals surface area contributed by atoms with Crippen LogP contribution in [-0.2, 0) is 0 Å². The zero-order valence-corrected chi connectivity index (χ0v) is 34.0. The monoisotopic (exact) mass is 788 g/mol. The van der Waals surface area contributed by atoms with E-state index in [1.165, 1.54) is 76.4 Å². The Bertz CT molecular complexity index is 3630. The number of aromatic nitrogens is 1. The van der Waals surface area contributed by atoms with Gasteiger partial charge in [0.05, 0.1) is 16.7 Å². The topological polar surface area (TPSA) is 8.17 Å². The molecule has 0 radical (unpaired) electrons. The first-order chi connectivity index (χ1) is 30.7. The predicted molar refractivity (Wildman–Crippen MR) is 264 cm³/mol. The van der Waals surface area contributed by atoms with Crippen molar-refractivity contribution >= 4 is 71.2 Å². The molecule has 0 fully saturated rings. The van der Waals surface area contributed by atoms with Crippen molar-refractivity contribution < 1.29 is 0 Å². The van der Waals surface area contributed by atoms with Crippen LogP contribution < -0.4 is 4.90 Å². The van der Waals surface area contributed by atoms with Crippen LogP contribution in [0.4, 0.5) is 17.1 Å². The van der Waals surface area contributed by atoms with Crippen LogP contribution in [0, 0.1) is 0 Å². The number of nitrogens with zero attached hydrogens (tertiary/aromatic N) is 2. The normalized spacial score (nSPS) is 11.5. The van der Waals surface area contributed by atoms with Crippen molar-refractivity contribution in [2.45, 2.75) is 0 Å². The van der Waals surface area contributed by atoms with Crippen molar-refractivity contribution in [3.63, 3.8) is 0 Å². The molecule has 0 spiro atoms. The van der Waals surface area contributed by atoms with Gasteiger partial charge in [-0.05, 0) is 133 Å². The molecule has 0 aliphatic heterocycles. The summed E-state index contributed by atoms with van der Waals surface area (Å²) >= 11 is 0. The number of rotatable bonds is 7. The Morgan fingerprint density at radius 2 is 0.806 bits per heavy atom. The molecular weight excluding hydrogens is 749 g/mol. The maximum Gasteiger partial charge on any atom is 0.0547 e. The number of anilines is 3. The molecule has 2 heteroatoms. The minimum atomic E-state index is 1.09. The van der Waals surface area contributed by atoms with Crippen LogP contribution in [0.25, 0.3) is 93.2 Å². The highest BCUT2D eigenvalue weighted by Crippen LogP contribution is 2.43. The minimum absolute atomic E-state index is 1.09. The fourth-order valence-electron chi connectivity index (χ4n) is 9.43. The molecule has 11 aromatic carbocycles. The third kappa shape index (κ3) is 6.20. The lowest BCUT2D eigenvalue weighted by Crippen LogP contribution is -2.11. The van der Waals surface area contributed by atoms with Crippen LogP contribution in [-0.4, -0.2) is 4.57 Å². The van der Waals surface area contributed by atoms with Gasteiger partial charge in [0.25, 0.3) is 0 Å². The molecular formula is C60H40N2. The van der Waals surface area contributed by atoms with E-state index in [0.29, 0.717) is 0 Å². The van der Waals surface area contributed by atoms with Crippen molar-refractivity contribution in [1.82, 2.24) is 4.57 Å². The Morgan fingerprint density at radius 1 is 0.274 bits per heavy atom. The van der Waals surface area contributed by atoms with E-state index in [-0.39, 0.29) is 0 Å². The summed E-state index contributed by atoms with van der Waals surface area (Å²) in [5.74, 6) is 0. The summed E-state index contributed by atoms with van der Waals surface area (Å²) in [6.07, 6.45) is 0. The molecule has 0 bridgehead atoms. The summed E-state index contributed by atoms with van der Waals surface area (Å²) in [7, 11) is 0. The summed E-state index contributed by atoms with van der Waals surface area (Å²) in [6, 6.07) is 88.6. The van der Waals surface area contributed by atoms with Gasteiger partial charge in [0.15, 0.2) is 0 Å². The molecule has 0 N–H and O–H groups in total. The highest BCUT2D eigenvalue weighted by molar-refractivity contribution is 6.13. The van der Waals surface area contributed by atoms with Gasteiger partial charge in [0.2, 0.25) is 0 Å². The Kier molecular flexibility index (Phi) is 8.53. The summed E-state index contributed by atoms with van der Waals surface area (Å²) in [5, 5.41) is 9.99. The summed E-state index contributed by atoms with van der Waals surface area (Å²) in [6.45, 7) is 0. The molecule has 12 rings (SSSR count). The van der Waals surface area contributed by atoms with E-state index >= 15 is 0 Å². The smallest absolute Gasteiger partial charge is 0.0547 e. The minimum Gasteiger partial charge on any atom is -0.310 e. The van der Waals surface area contributed by atoms with E-state index in [9.17, 15) is 0 Å². The maximum absolute atomic E-state index is 2.41. The number of fused-ring (bicyclic) bond motifs is 6. The highest BCUT2D eigenvalue weighted by atomic mass is 15.1. The maximum atomic E-state index is 2.41. The molecule has 0 atom stereocenters. The van der Waals surface area contributed by atoms with Crippen LogP contribution in [0.15, 0.2) is 243 Å². The second-order valence-electron chi connectivity index (χ2n) is 16.2. The lowest BCUT2D eigenvalue weighted by molar-refractivity contribution is 1.18. The number of para-hydroxylation sites is 2. The van der Waals surface area contributed by atoms with Gasteiger partial charge in [0.1, 0.15) is 0 Å². The fraction of sp³-hybridized carbons (Fsp3) is 0. The third-order valence-electron chi connectivity index (χ3n) is 12.5. The quantitative estimate of drug-likeness (QED) is 0.156. The van der Waals surface area contributed by atoms with Crippen molar-refractivity contribution in [1.29, 1.82) is 0 Å². The van der Waals surface area contributed by atoms with E-state index in [1.54, 1.807) is 0 Å². The highest BCUT2D eigenvalue weighted by Gasteiger charge is 2.19. The second kappa shape index (κ2) is 14.8. The number of benzene rings is 11. The zero-order chi connectivity index (χ0) is 41.0. The van der Waals surface area contributed by atoms with E-state index in [0.717, 1.165) is 33.9 Å². The lowest BCUT2D eigenvalue weighted by atomic mass is 9.98. The molecule has 1 aromatic heterocycles. The molecule has 290 valence electrons. The molecule has 2 nitrogen and oxygen atoms in total. The first kappa shape index (κ1) is 35.7. The van der Waals surface area contributed by atoms with Crippen molar-refractivity contribution in [3.05, 3.63) is 243 Å². The van der Waals surface area contributed by atoms with Gasteiger partial charge in [-0.25, -0.2) is 0 Å². The number of hydrogen-bond acceptors (Lipinski definition) is 1. The van der Waals surface area contributed by atoms with E-state index in [4.69, 9.17) is 0 Å². The Morgan fingerprint density at radius 3 is 1.52 bits per heavy atom. The molecule has 0 aliphatic rings. The molecule has 0 unspecified atom stereocenters. The largest absolute Gasteiger partial charge is 0.310 e. The van der Waals surface area contributed by atoms with Crippen LogP contribution in [0.5, 0.6) is 0 Å². The summed E-state index contributed by atoms with van der Waals surface area (Å²) in [5.41, 5.74) is 13.9. The lowest BCUT2D eigenvalue weighted by Gasteiger charge is -2.28. The molecule has 62 heavy (non-hydrogen) atoms. The Labute approximate surface area is 360 Å². The second-order valence-corrected chi connectivity index (χ2v) is 16.2. The average Bonchev–Trinajstić information content (AvgIpc) is 3.66. The Hall–Kier alpha value is -8.20. The van der Waals surface area contributed by atoms with E-state index in [2.05, 4.69) is 252 Å². The predicted octanol–water partition coefficient (Wildman–Crippen LogP) is 16.7. The van der Waals surface area contributed by atoms with Crippen molar-refractivity contribution in [2.24, 2.45) is 0 Å². The van der Waals surface area contributed by atoms with Gasteiger partial charge < -0.3 is 9.47 Å². The SMILES string of the molecule is c1cc(-c2ccc3ccccc3c2)cc(N(c2ccc(-c3ccc4ccccc4c3)cc2)c2ccccc2-c2ccc(-n3c4ccccc4c4cc5ccccc5cc43)cc2)c1. The summed E-state index contributed by atoms with van der Waals surface area (Å²) < 4.78 is 2.41. The van der Waals surface area contributed by atoms with Crippen molar-refractivity contribution in [3.8, 4) is 39.1 Å². The number of hydrogen-bond donors (Lipinski definition) is 0. The third-order valence-corrected chi connectivity index (χ3v) is 12.5. The van der Waals surface area contributed by atoms with E-state index < -0.39 is 0 Å². The van der Waals surface area contributed by atoms with Gasteiger partial charge in [-0.2, -0.15) is 0 Å². The van der Waals surface area contributed by atoms with Crippen molar-refractivity contribution in [2.75, 3.05) is 4.90 Å². The molecule has 0 saturated carbocycles. The summed E-state index contributed by atoms with van der Waals surface area (Å²) in [4.78, 5) is 2.41. The first-order valence-corrected chi connectivity index (χ1v) is 21.3. The molecule has 0 aliphatic carbocycles. The fourth-order valence-corrected chi connectivity index (χ4v) is 9.43. The molecule has 0 saturated heterocycles. The standard InChI is InChI=1S/C60H40N2/c1-3-14-45-36-50(26-24-41(45)12-1)43-28-32-52(33-29-43)61(54-19-11-18-47(38-54)51-27-25-42-13-2-4-15-46(42)37-51)58-22-9-7-20-55(58)44-30-34-53(35-31-44)62-59-23-10-8-21-56(59)57-39-48-16-5-6-17-49(48)40-60(57)62/h1-40H. The van der Waals surface area contributed by atoms with Crippen LogP contribution in [0.2, 0.25) is 0 Å². The van der Waals surface area contributed by atoms with Crippen LogP contribution in [0.3, 0.4) is 0 Å². The zero-order valence-electron chi connectivity index (χ0n) is 34.0. The Balaban J connectivity index is 0.981. The van der Waals surface area contributed by atoms with Gasteiger partial charge in [-0.3, -0.25) is 0 Å². The molecule has 0 amide bonds. The first-order valence-electron chi connectivity index (χ1n) is 21.3. The van der Waals surface area contributed by atoms with E-state index in [1.807, 2.05) is 0 Å². The van der Waals surface area contributed by atoms with Gasteiger partial charge >= 0.3 is 0 Å². The van der Waals surface area contributed by atoms with Crippen LogP contribution >= 0.6 is 0 Å².